The number of carbonyl (C=O) groups is 1. The molecule has 1 amide bonds. The van der Waals surface area contributed by atoms with Gasteiger partial charge in [0.15, 0.2) is 0 Å². The van der Waals surface area contributed by atoms with E-state index in [1.54, 1.807) is 13.2 Å². The average Bonchev–Trinajstić information content (AvgIpc) is 2.18. The minimum atomic E-state index is -0.516. The Morgan fingerprint density at radius 2 is 2.00 bits per heavy atom. The zero-order valence-electron chi connectivity index (χ0n) is 10.3. The van der Waals surface area contributed by atoms with Crippen molar-refractivity contribution in [2.75, 3.05) is 12.4 Å². The zero-order valence-corrected chi connectivity index (χ0v) is 12.5. The van der Waals surface area contributed by atoms with E-state index in [2.05, 4.69) is 27.9 Å². The molecule has 1 N–H and O–H groups in total. The predicted molar refractivity (Wildman–Crippen MR) is 75.6 cm³/mol. The van der Waals surface area contributed by atoms with E-state index in [1.165, 1.54) is 0 Å². The highest BCUT2D eigenvalue weighted by atomic mass is 127. The quantitative estimate of drug-likeness (QED) is 0.830. The molecule has 0 radical (unpaired) electrons. The van der Waals surface area contributed by atoms with Crippen LogP contribution < -0.4 is 10.1 Å². The molecular formula is C12H16INO3. The summed E-state index contributed by atoms with van der Waals surface area (Å²) in [6.07, 6.45) is -0.486. The van der Waals surface area contributed by atoms with Crippen molar-refractivity contribution in [3.8, 4) is 5.75 Å². The summed E-state index contributed by atoms with van der Waals surface area (Å²) >= 11 is 2.13. The molecule has 0 bridgehead atoms. The Labute approximate surface area is 115 Å². The summed E-state index contributed by atoms with van der Waals surface area (Å²) in [6, 6.07) is 5.53. The number of anilines is 1. The Kier molecular flexibility index (Phi) is 4.62. The first-order valence-corrected chi connectivity index (χ1v) is 6.24. The van der Waals surface area contributed by atoms with Crippen LogP contribution in [0.15, 0.2) is 18.2 Å². The summed E-state index contributed by atoms with van der Waals surface area (Å²) in [5.74, 6) is 0.614. The van der Waals surface area contributed by atoms with Crippen LogP contribution in [0.2, 0.25) is 0 Å². The van der Waals surface area contributed by atoms with Gasteiger partial charge >= 0.3 is 6.09 Å². The summed E-state index contributed by atoms with van der Waals surface area (Å²) in [6.45, 7) is 5.46. The normalized spacial score (nSPS) is 10.9. The molecule has 0 fully saturated rings. The molecule has 94 valence electrons. The van der Waals surface area contributed by atoms with Gasteiger partial charge < -0.3 is 9.47 Å². The summed E-state index contributed by atoms with van der Waals surface area (Å²) in [7, 11) is 1.56. The number of hydrogen-bond donors (Lipinski definition) is 1. The maximum Gasteiger partial charge on any atom is 0.412 e. The predicted octanol–water partition coefficient (Wildman–Crippen LogP) is 3.65. The maximum atomic E-state index is 11.7. The number of amides is 1. The molecule has 0 aromatic heterocycles. The van der Waals surface area contributed by atoms with Crippen LogP contribution in [0.25, 0.3) is 0 Å². The van der Waals surface area contributed by atoms with E-state index < -0.39 is 11.7 Å². The minimum Gasteiger partial charge on any atom is -0.495 e. The van der Waals surface area contributed by atoms with Crippen LogP contribution in [0, 0.1) is 3.57 Å². The van der Waals surface area contributed by atoms with E-state index in [0.717, 1.165) is 3.57 Å². The zero-order chi connectivity index (χ0) is 13.1. The molecule has 0 spiro atoms. The largest absolute Gasteiger partial charge is 0.495 e. The summed E-state index contributed by atoms with van der Waals surface area (Å²) in [5, 5.41) is 2.69. The van der Waals surface area contributed by atoms with Crippen molar-refractivity contribution in [1.29, 1.82) is 0 Å². The Hall–Kier alpha value is -0.980. The molecule has 0 saturated heterocycles. The molecular weight excluding hydrogens is 333 g/mol. The van der Waals surface area contributed by atoms with Crippen molar-refractivity contribution in [3.63, 3.8) is 0 Å². The molecule has 0 atom stereocenters. The Balaban J connectivity index is 2.84. The van der Waals surface area contributed by atoms with E-state index >= 15 is 0 Å². The molecule has 17 heavy (non-hydrogen) atoms. The van der Waals surface area contributed by atoms with Gasteiger partial charge in [-0.3, -0.25) is 5.32 Å². The average molecular weight is 349 g/mol. The highest BCUT2D eigenvalue weighted by Crippen LogP contribution is 2.29. The number of rotatable bonds is 2. The third-order valence-electron chi connectivity index (χ3n) is 1.82. The first-order valence-electron chi connectivity index (χ1n) is 5.16. The third-order valence-corrected chi connectivity index (χ3v) is 2.72. The lowest BCUT2D eigenvalue weighted by molar-refractivity contribution is 0.0635. The first kappa shape index (κ1) is 14.1. The van der Waals surface area contributed by atoms with Crippen molar-refractivity contribution in [3.05, 3.63) is 21.8 Å². The minimum absolute atomic E-state index is 0.486. The first-order chi connectivity index (χ1) is 7.83. The van der Waals surface area contributed by atoms with Gasteiger partial charge in [0.05, 0.1) is 12.8 Å². The van der Waals surface area contributed by atoms with E-state index in [9.17, 15) is 4.79 Å². The van der Waals surface area contributed by atoms with Crippen molar-refractivity contribution < 1.29 is 14.3 Å². The van der Waals surface area contributed by atoms with Crippen molar-refractivity contribution in [2.45, 2.75) is 26.4 Å². The van der Waals surface area contributed by atoms with E-state index in [-0.39, 0.29) is 0 Å². The number of methoxy groups -OCH3 is 1. The van der Waals surface area contributed by atoms with Gasteiger partial charge in [-0.15, -0.1) is 0 Å². The number of halogens is 1. The maximum absolute atomic E-state index is 11.7. The standard InChI is InChI=1S/C12H16INO3/c1-12(2,3)17-11(15)14-10-8(13)6-5-7-9(10)16-4/h5-7H,1-4H3,(H,14,15). The summed E-state index contributed by atoms with van der Waals surface area (Å²) in [5.41, 5.74) is 0.113. The number of ether oxygens (including phenoxy) is 2. The molecule has 1 aromatic rings. The number of para-hydroxylation sites is 1. The third kappa shape index (κ3) is 4.41. The van der Waals surface area contributed by atoms with Gasteiger partial charge in [0, 0.05) is 3.57 Å². The van der Waals surface area contributed by atoms with Gasteiger partial charge in [-0.25, -0.2) is 4.79 Å². The fourth-order valence-electron chi connectivity index (χ4n) is 1.20. The number of benzene rings is 1. The second-order valence-electron chi connectivity index (χ2n) is 4.44. The van der Waals surface area contributed by atoms with Crippen molar-refractivity contribution in [1.82, 2.24) is 0 Å². The summed E-state index contributed by atoms with van der Waals surface area (Å²) in [4.78, 5) is 11.7. The smallest absolute Gasteiger partial charge is 0.412 e. The van der Waals surface area contributed by atoms with Gasteiger partial charge in [0.2, 0.25) is 0 Å². The SMILES string of the molecule is COc1cccc(I)c1NC(=O)OC(C)(C)C. The van der Waals surface area contributed by atoms with Gasteiger partial charge in [0.1, 0.15) is 11.4 Å². The fourth-order valence-corrected chi connectivity index (χ4v) is 1.81. The van der Waals surface area contributed by atoms with Crippen LogP contribution >= 0.6 is 22.6 Å². The van der Waals surface area contributed by atoms with Crippen LogP contribution in [0.1, 0.15) is 20.8 Å². The highest BCUT2D eigenvalue weighted by Gasteiger charge is 2.18. The van der Waals surface area contributed by atoms with Crippen LogP contribution in [-0.2, 0) is 4.74 Å². The summed E-state index contributed by atoms with van der Waals surface area (Å²) < 4.78 is 11.3. The van der Waals surface area contributed by atoms with Gasteiger partial charge in [-0.1, -0.05) is 6.07 Å². The number of hydrogen-bond acceptors (Lipinski definition) is 3. The lowest BCUT2D eigenvalue weighted by Crippen LogP contribution is -2.27. The van der Waals surface area contributed by atoms with Gasteiger partial charge in [0.25, 0.3) is 0 Å². The Morgan fingerprint density at radius 3 is 2.53 bits per heavy atom. The molecule has 0 aliphatic carbocycles. The number of nitrogens with one attached hydrogen (secondary N) is 1. The molecule has 0 unspecified atom stereocenters. The van der Waals surface area contributed by atoms with Crippen molar-refractivity contribution >= 4 is 34.4 Å². The van der Waals surface area contributed by atoms with E-state index in [0.29, 0.717) is 11.4 Å². The topological polar surface area (TPSA) is 47.6 Å². The highest BCUT2D eigenvalue weighted by molar-refractivity contribution is 14.1. The van der Waals surface area contributed by atoms with Crippen LogP contribution in [-0.4, -0.2) is 18.8 Å². The second-order valence-corrected chi connectivity index (χ2v) is 5.61. The lowest BCUT2D eigenvalue weighted by Gasteiger charge is -2.20. The fraction of sp³-hybridized carbons (Fsp3) is 0.417. The monoisotopic (exact) mass is 349 g/mol. The molecule has 1 aromatic carbocycles. The molecule has 5 heteroatoms. The lowest BCUT2D eigenvalue weighted by atomic mass is 10.2. The molecule has 4 nitrogen and oxygen atoms in total. The van der Waals surface area contributed by atoms with Crippen LogP contribution in [0.3, 0.4) is 0 Å². The van der Waals surface area contributed by atoms with Crippen LogP contribution in [0.4, 0.5) is 10.5 Å². The van der Waals surface area contributed by atoms with E-state index in [1.807, 2.05) is 32.9 Å². The van der Waals surface area contributed by atoms with Crippen molar-refractivity contribution in [2.24, 2.45) is 0 Å². The molecule has 0 aliphatic heterocycles. The van der Waals surface area contributed by atoms with Crippen LogP contribution in [0.5, 0.6) is 5.75 Å². The van der Waals surface area contributed by atoms with Gasteiger partial charge in [-0.05, 0) is 55.5 Å². The number of carbonyl (C=O) groups excluding carboxylic acids is 1. The Morgan fingerprint density at radius 1 is 1.35 bits per heavy atom. The second kappa shape index (κ2) is 5.57. The molecule has 0 aliphatic rings. The molecule has 0 heterocycles. The molecule has 0 saturated carbocycles. The molecule has 1 rings (SSSR count). The van der Waals surface area contributed by atoms with Gasteiger partial charge in [-0.2, -0.15) is 0 Å². The Bertz CT molecular complexity index is 413. The van der Waals surface area contributed by atoms with E-state index in [4.69, 9.17) is 9.47 Å².